The highest BCUT2D eigenvalue weighted by Gasteiger charge is 2.49. The second-order valence-corrected chi connectivity index (χ2v) is 6.78. The maximum Gasteiger partial charge on any atom is 0.395 e. The fourth-order valence-corrected chi connectivity index (χ4v) is 3.51. The number of nitriles is 1. The first-order valence-corrected chi connectivity index (χ1v) is 8.79. The monoisotopic (exact) mass is 470 g/mol. The Labute approximate surface area is 165 Å². The van der Waals surface area contributed by atoms with Crippen molar-refractivity contribution in [2.75, 3.05) is 6.61 Å². The summed E-state index contributed by atoms with van der Waals surface area (Å²) in [6.45, 7) is 1.30. The topological polar surface area (TPSA) is 38.0 Å². The normalized spacial score (nSPS) is 12.3. The van der Waals surface area contributed by atoms with Crippen LogP contribution in [0.2, 0.25) is 5.02 Å². The number of halogens is 7. The Morgan fingerprint density at radius 1 is 1.19 bits per heavy atom. The van der Waals surface area contributed by atoms with Gasteiger partial charge in [0.05, 0.1) is 15.7 Å². The molecular weight excluding hydrogens is 459 g/mol. The number of hydrogen-bond donors (Lipinski definition) is 0. The molecule has 2 aromatic rings. The standard InChI is InChI=1S/C17H13BrClF5N2O/c1-2-27-9-26-14(10-3-5-11(19)6-4-10)12(7-25)13(18)15(26)16(20,21)8-17(22,23)24/h3-6H,2,8-9H2,1H3. The predicted molar refractivity (Wildman–Crippen MR) is 93.5 cm³/mol. The molecular formula is C17H13BrClF5N2O. The lowest BCUT2D eigenvalue weighted by atomic mass is 10.1. The Hall–Kier alpha value is -1.63. The highest BCUT2D eigenvalue weighted by Crippen LogP contribution is 2.47. The number of aromatic nitrogens is 1. The molecule has 1 aromatic heterocycles. The molecule has 0 unspecified atom stereocenters. The highest BCUT2D eigenvalue weighted by molar-refractivity contribution is 9.10. The van der Waals surface area contributed by atoms with Crippen LogP contribution in [0.15, 0.2) is 28.7 Å². The minimum atomic E-state index is -5.10. The summed E-state index contributed by atoms with van der Waals surface area (Å²) in [6, 6.07) is 7.72. The van der Waals surface area contributed by atoms with Gasteiger partial charge in [-0.2, -0.15) is 27.2 Å². The van der Waals surface area contributed by atoms with Gasteiger partial charge in [0.25, 0.3) is 5.92 Å². The molecule has 0 atom stereocenters. The third kappa shape index (κ3) is 4.81. The van der Waals surface area contributed by atoms with Gasteiger partial charge in [-0.15, -0.1) is 0 Å². The van der Waals surface area contributed by atoms with Gasteiger partial charge in [-0.25, -0.2) is 0 Å². The summed E-state index contributed by atoms with van der Waals surface area (Å²) in [5.41, 5.74) is -0.819. The lowest BCUT2D eigenvalue weighted by Crippen LogP contribution is -2.27. The summed E-state index contributed by atoms with van der Waals surface area (Å²) in [6.07, 6.45) is -7.46. The first-order valence-electron chi connectivity index (χ1n) is 7.62. The van der Waals surface area contributed by atoms with Crippen LogP contribution in [0.1, 0.15) is 24.6 Å². The Kier molecular flexibility index (Phi) is 6.55. The van der Waals surface area contributed by atoms with Crippen molar-refractivity contribution < 1.29 is 26.7 Å². The van der Waals surface area contributed by atoms with Crippen LogP contribution in [0.4, 0.5) is 22.0 Å². The fraction of sp³-hybridized carbons (Fsp3) is 0.353. The van der Waals surface area contributed by atoms with E-state index in [2.05, 4.69) is 15.9 Å². The second kappa shape index (κ2) is 8.17. The summed E-state index contributed by atoms with van der Waals surface area (Å²) >= 11 is 8.72. The molecule has 0 aliphatic heterocycles. The van der Waals surface area contributed by atoms with Crippen LogP contribution in [0.5, 0.6) is 0 Å². The summed E-state index contributed by atoms with van der Waals surface area (Å²) in [7, 11) is 0. The number of nitrogens with zero attached hydrogens (tertiary/aromatic N) is 2. The molecule has 10 heteroatoms. The minimum Gasteiger partial charge on any atom is -0.361 e. The fourth-order valence-electron chi connectivity index (χ4n) is 2.60. The third-order valence-corrected chi connectivity index (χ3v) is 4.65. The van der Waals surface area contributed by atoms with E-state index < -0.39 is 35.4 Å². The van der Waals surface area contributed by atoms with E-state index in [1.54, 1.807) is 13.0 Å². The summed E-state index contributed by atoms with van der Waals surface area (Å²) in [5.74, 6) is -4.27. The first-order chi connectivity index (χ1) is 12.5. The summed E-state index contributed by atoms with van der Waals surface area (Å²) in [4.78, 5) is 0. The number of benzene rings is 1. The molecule has 3 nitrogen and oxygen atoms in total. The van der Waals surface area contributed by atoms with Gasteiger partial charge >= 0.3 is 6.18 Å². The van der Waals surface area contributed by atoms with E-state index in [1.807, 2.05) is 0 Å². The van der Waals surface area contributed by atoms with Gasteiger partial charge in [0, 0.05) is 11.6 Å². The van der Waals surface area contributed by atoms with Crippen LogP contribution in [0.3, 0.4) is 0 Å². The van der Waals surface area contributed by atoms with Crippen LogP contribution < -0.4 is 0 Å². The molecule has 0 radical (unpaired) electrons. The maximum atomic E-state index is 14.6. The molecule has 2 rings (SSSR count). The van der Waals surface area contributed by atoms with Crippen molar-refractivity contribution in [3.05, 3.63) is 45.0 Å². The molecule has 0 aliphatic carbocycles. The van der Waals surface area contributed by atoms with Crippen molar-refractivity contribution in [1.82, 2.24) is 4.57 Å². The molecule has 0 aliphatic rings. The zero-order valence-corrected chi connectivity index (χ0v) is 16.2. The molecule has 0 amide bonds. The van der Waals surface area contributed by atoms with E-state index in [4.69, 9.17) is 16.3 Å². The summed E-state index contributed by atoms with van der Waals surface area (Å²) in [5, 5.41) is 9.83. The van der Waals surface area contributed by atoms with Crippen LogP contribution in [0, 0.1) is 11.3 Å². The van der Waals surface area contributed by atoms with Crippen LogP contribution in [-0.2, 0) is 17.4 Å². The number of ether oxygens (including phenoxy) is 1. The minimum absolute atomic E-state index is 0.0198. The van der Waals surface area contributed by atoms with Crippen molar-refractivity contribution in [1.29, 1.82) is 5.26 Å². The molecule has 146 valence electrons. The lowest BCUT2D eigenvalue weighted by molar-refractivity contribution is -0.193. The number of hydrogen-bond acceptors (Lipinski definition) is 2. The zero-order chi connectivity index (χ0) is 20.4. The molecule has 0 saturated carbocycles. The molecule has 0 bridgehead atoms. The van der Waals surface area contributed by atoms with Gasteiger partial charge in [0.2, 0.25) is 0 Å². The van der Waals surface area contributed by atoms with Crippen molar-refractivity contribution in [3.8, 4) is 17.3 Å². The van der Waals surface area contributed by atoms with Crippen molar-refractivity contribution >= 4 is 27.5 Å². The van der Waals surface area contributed by atoms with E-state index >= 15 is 0 Å². The summed E-state index contributed by atoms with van der Waals surface area (Å²) < 4.78 is 72.9. The van der Waals surface area contributed by atoms with Crippen molar-refractivity contribution in [2.24, 2.45) is 0 Å². The second-order valence-electron chi connectivity index (χ2n) is 5.55. The Balaban J connectivity index is 2.77. The van der Waals surface area contributed by atoms with E-state index in [1.165, 1.54) is 24.3 Å². The van der Waals surface area contributed by atoms with Gasteiger partial charge < -0.3 is 9.30 Å². The largest absolute Gasteiger partial charge is 0.395 e. The van der Waals surface area contributed by atoms with Crippen molar-refractivity contribution in [3.63, 3.8) is 0 Å². The SMILES string of the molecule is CCOCn1c(-c2ccc(Cl)cc2)c(C#N)c(Br)c1C(F)(F)CC(F)(F)F. The van der Waals surface area contributed by atoms with Gasteiger partial charge in [0.15, 0.2) is 0 Å². The molecule has 0 spiro atoms. The van der Waals surface area contributed by atoms with Crippen molar-refractivity contribution in [2.45, 2.75) is 32.2 Å². The number of rotatable bonds is 6. The molecule has 0 N–H and O–H groups in total. The van der Waals surface area contributed by atoms with E-state index in [0.29, 0.717) is 10.6 Å². The Morgan fingerprint density at radius 3 is 2.26 bits per heavy atom. The predicted octanol–water partition coefficient (Wildman–Crippen LogP) is 6.48. The molecule has 0 fully saturated rings. The highest BCUT2D eigenvalue weighted by atomic mass is 79.9. The van der Waals surface area contributed by atoms with Crippen LogP contribution in [0.25, 0.3) is 11.3 Å². The van der Waals surface area contributed by atoms with E-state index in [-0.39, 0.29) is 17.9 Å². The molecule has 1 aromatic carbocycles. The average molecular weight is 472 g/mol. The van der Waals surface area contributed by atoms with Crippen LogP contribution >= 0.6 is 27.5 Å². The van der Waals surface area contributed by atoms with Gasteiger partial charge in [-0.3, -0.25) is 0 Å². The zero-order valence-electron chi connectivity index (χ0n) is 13.9. The number of alkyl halides is 5. The maximum absolute atomic E-state index is 14.6. The van der Waals surface area contributed by atoms with Gasteiger partial charge in [-0.05, 0) is 40.5 Å². The average Bonchev–Trinajstić information content (AvgIpc) is 2.83. The first kappa shape index (κ1) is 21.7. The molecule has 0 saturated heterocycles. The van der Waals surface area contributed by atoms with E-state index in [9.17, 15) is 27.2 Å². The molecule has 27 heavy (non-hydrogen) atoms. The van der Waals surface area contributed by atoms with Crippen LogP contribution in [-0.4, -0.2) is 17.4 Å². The quantitative estimate of drug-likeness (QED) is 0.452. The Morgan fingerprint density at radius 2 is 1.78 bits per heavy atom. The lowest BCUT2D eigenvalue weighted by Gasteiger charge is -2.22. The molecule has 1 heterocycles. The van der Waals surface area contributed by atoms with E-state index in [0.717, 1.165) is 4.57 Å². The third-order valence-electron chi connectivity index (χ3n) is 3.63. The Bertz CT molecular complexity index is 856. The smallest absolute Gasteiger partial charge is 0.361 e. The van der Waals surface area contributed by atoms with Gasteiger partial charge in [0.1, 0.15) is 24.9 Å². The van der Waals surface area contributed by atoms with Gasteiger partial charge in [-0.1, -0.05) is 23.7 Å².